The third kappa shape index (κ3) is 5.04. The Morgan fingerprint density at radius 3 is 2.66 bits per heavy atom. The number of carboxylic acid groups (broad SMARTS) is 1. The molecular weight excluding hydrogens is 459 g/mol. The third-order valence-corrected chi connectivity index (χ3v) is 5.46. The van der Waals surface area contributed by atoms with E-state index >= 15 is 0 Å². The first-order chi connectivity index (χ1) is 15.2. The first kappa shape index (κ1) is 22.8. The van der Waals surface area contributed by atoms with Crippen LogP contribution in [-0.2, 0) is 0 Å². The predicted molar refractivity (Wildman–Crippen MR) is 123 cm³/mol. The zero-order valence-corrected chi connectivity index (χ0v) is 18.0. The van der Waals surface area contributed by atoms with Crippen molar-refractivity contribution in [2.75, 3.05) is 5.32 Å². The zero-order valence-electron chi connectivity index (χ0n) is 16.3. The van der Waals surface area contributed by atoms with Gasteiger partial charge in [0.2, 0.25) is 0 Å². The number of aromatic carboxylic acids is 1. The van der Waals surface area contributed by atoms with Crippen LogP contribution in [0.25, 0.3) is 10.4 Å². The monoisotopic (exact) mass is 474 g/mol. The van der Waals surface area contributed by atoms with Crippen molar-refractivity contribution in [2.45, 2.75) is 6.92 Å². The van der Waals surface area contributed by atoms with Gasteiger partial charge in [0.1, 0.15) is 17.1 Å². The summed E-state index contributed by atoms with van der Waals surface area (Å²) < 4.78 is 13.5. The molecule has 3 aromatic rings. The van der Waals surface area contributed by atoms with Crippen LogP contribution in [0.2, 0.25) is 0 Å². The van der Waals surface area contributed by atoms with E-state index in [1.807, 2.05) is 0 Å². The Kier molecular flexibility index (Phi) is 6.76. The van der Waals surface area contributed by atoms with Crippen molar-refractivity contribution in [2.24, 2.45) is 5.10 Å². The molecular formula is C20H15FN4O5S2. The highest BCUT2D eigenvalue weighted by atomic mass is 32.1. The second kappa shape index (κ2) is 9.49. The lowest BCUT2D eigenvalue weighted by Crippen LogP contribution is -2.25. The van der Waals surface area contributed by atoms with Crippen molar-refractivity contribution in [1.82, 2.24) is 5.43 Å². The molecule has 0 aliphatic carbocycles. The fourth-order valence-corrected chi connectivity index (χ4v) is 3.91. The van der Waals surface area contributed by atoms with Gasteiger partial charge in [-0.3, -0.25) is 15.5 Å². The van der Waals surface area contributed by atoms with Crippen LogP contribution in [0.1, 0.15) is 22.8 Å². The highest BCUT2D eigenvalue weighted by Gasteiger charge is 2.20. The molecule has 0 aliphatic rings. The van der Waals surface area contributed by atoms with E-state index in [9.17, 15) is 24.4 Å². The number of thiocarbonyl (C=S) groups is 1. The third-order valence-electron chi connectivity index (χ3n) is 4.25. The van der Waals surface area contributed by atoms with Crippen molar-refractivity contribution in [1.29, 1.82) is 0 Å². The summed E-state index contributed by atoms with van der Waals surface area (Å²) in [6.45, 7) is 1.63. The number of carboxylic acids is 1. The van der Waals surface area contributed by atoms with E-state index in [4.69, 9.17) is 17.3 Å². The molecule has 1 aromatic heterocycles. The Balaban J connectivity index is 1.73. The number of nitro groups is 1. The van der Waals surface area contributed by atoms with Gasteiger partial charge in [-0.15, -0.1) is 11.3 Å². The number of benzene rings is 2. The quantitative estimate of drug-likeness (QED) is 0.176. The maximum absolute atomic E-state index is 13.5. The van der Waals surface area contributed by atoms with Gasteiger partial charge < -0.3 is 15.5 Å². The molecule has 1 heterocycles. The van der Waals surface area contributed by atoms with Gasteiger partial charge in [0.05, 0.1) is 21.1 Å². The minimum atomic E-state index is -1.45. The molecule has 0 saturated carbocycles. The van der Waals surface area contributed by atoms with Crippen molar-refractivity contribution in [3.8, 4) is 16.2 Å². The summed E-state index contributed by atoms with van der Waals surface area (Å²) in [5.41, 5.74) is 3.09. The maximum Gasteiger partial charge on any atom is 0.342 e. The Labute approximate surface area is 190 Å². The van der Waals surface area contributed by atoms with Gasteiger partial charge in [-0.25, -0.2) is 9.18 Å². The summed E-state index contributed by atoms with van der Waals surface area (Å²) in [7, 11) is 0. The average Bonchev–Trinajstić information content (AvgIpc) is 3.13. The molecule has 0 spiro atoms. The van der Waals surface area contributed by atoms with Crippen LogP contribution in [-0.4, -0.2) is 31.9 Å². The number of hydrogen-bond donors (Lipinski definition) is 4. The average molecular weight is 474 g/mol. The topological polar surface area (TPSA) is 137 Å². The molecule has 164 valence electrons. The highest BCUT2D eigenvalue weighted by Crippen LogP contribution is 2.38. The minimum Gasteiger partial charge on any atom is -0.506 e. The lowest BCUT2D eigenvalue weighted by molar-refractivity contribution is -0.385. The molecule has 0 unspecified atom stereocenters. The molecule has 9 nitrogen and oxygen atoms in total. The fourth-order valence-electron chi connectivity index (χ4n) is 2.74. The van der Waals surface area contributed by atoms with Crippen LogP contribution in [0.3, 0.4) is 0 Å². The molecule has 0 amide bonds. The minimum absolute atomic E-state index is 0.00499. The molecule has 12 heteroatoms. The van der Waals surface area contributed by atoms with E-state index in [1.54, 1.807) is 24.4 Å². The molecule has 0 saturated heterocycles. The summed E-state index contributed by atoms with van der Waals surface area (Å²) in [6, 6.07) is 9.30. The maximum atomic E-state index is 13.5. The number of anilines is 1. The number of thiophene rings is 1. The molecule has 0 radical (unpaired) electrons. The SMILES string of the molecule is C/C(=N\NC(=S)Nc1ccc([N+](=O)[O-])c(C(=O)O)c1)c1csc(-c2cccc(F)c2)c1O. The molecule has 3 rings (SSSR count). The van der Waals surface area contributed by atoms with Crippen molar-refractivity contribution >= 4 is 51.7 Å². The summed E-state index contributed by atoms with van der Waals surface area (Å²) in [5.74, 6) is -1.92. The summed E-state index contributed by atoms with van der Waals surface area (Å²) in [6.07, 6.45) is 0. The van der Waals surface area contributed by atoms with E-state index in [0.29, 0.717) is 21.7 Å². The van der Waals surface area contributed by atoms with E-state index in [1.165, 1.54) is 29.5 Å². The number of hydrazone groups is 1. The summed E-state index contributed by atoms with van der Waals surface area (Å²) in [5, 5.41) is 39.1. The summed E-state index contributed by atoms with van der Waals surface area (Å²) in [4.78, 5) is 21.9. The van der Waals surface area contributed by atoms with E-state index < -0.39 is 28.0 Å². The van der Waals surface area contributed by atoms with Gasteiger partial charge in [0.25, 0.3) is 5.69 Å². The van der Waals surface area contributed by atoms with Gasteiger partial charge in [-0.05, 0) is 49.0 Å². The van der Waals surface area contributed by atoms with Crippen LogP contribution in [0, 0.1) is 15.9 Å². The number of aromatic hydroxyl groups is 1. The first-order valence-electron chi connectivity index (χ1n) is 8.87. The van der Waals surface area contributed by atoms with Crippen LogP contribution in [0.5, 0.6) is 5.75 Å². The van der Waals surface area contributed by atoms with Crippen molar-refractivity contribution < 1.29 is 24.3 Å². The number of halogens is 1. The smallest absolute Gasteiger partial charge is 0.342 e. The number of hydrogen-bond acceptors (Lipinski definition) is 7. The second-order valence-corrected chi connectivity index (χ2v) is 7.68. The normalized spacial score (nSPS) is 11.1. The number of nitrogens with zero attached hydrogens (tertiary/aromatic N) is 2. The Morgan fingerprint density at radius 1 is 1.25 bits per heavy atom. The van der Waals surface area contributed by atoms with Crippen LogP contribution in [0.4, 0.5) is 15.8 Å². The largest absolute Gasteiger partial charge is 0.506 e. The predicted octanol–water partition coefficient (Wildman–Crippen LogP) is 4.58. The van der Waals surface area contributed by atoms with Gasteiger partial charge in [-0.2, -0.15) is 5.10 Å². The Hall–Kier alpha value is -3.90. The van der Waals surface area contributed by atoms with E-state index in [2.05, 4.69) is 15.8 Å². The number of rotatable bonds is 6. The van der Waals surface area contributed by atoms with Crippen molar-refractivity contribution in [3.05, 3.63) is 74.9 Å². The molecule has 0 aliphatic heterocycles. The van der Waals surface area contributed by atoms with Crippen LogP contribution < -0.4 is 10.7 Å². The lowest BCUT2D eigenvalue weighted by Gasteiger charge is -2.09. The highest BCUT2D eigenvalue weighted by molar-refractivity contribution is 7.80. The van der Waals surface area contributed by atoms with Crippen molar-refractivity contribution in [3.63, 3.8) is 0 Å². The number of carbonyl (C=O) groups is 1. The van der Waals surface area contributed by atoms with Gasteiger partial charge >= 0.3 is 5.97 Å². The van der Waals surface area contributed by atoms with Crippen LogP contribution >= 0.6 is 23.6 Å². The second-order valence-electron chi connectivity index (χ2n) is 6.39. The molecule has 2 aromatic carbocycles. The number of nitrogens with one attached hydrogen (secondary N) is 2. The Bertz CT molecular complexity index is 1260. The first-order valence-corrected chi connectivity index (χ1v) is 10.2. The Morgan fingerprint density at radius 2 is 2.00 bits per heavy atom. The summed E-state index contributed by atoms with van der Waals surface area (Å²) >= 11 is 6.34. The van der Waals surface area contributed by atoms with Gasteiger partial charge in [-0.1, -0.05) is 12.1 Å². The molecule has 0 bridgehead atoms. The van der Waals surface area contributed by atoms with Gasteiger partial charge in [0.15, 0.2) is 5.11 Å². The van der Waals surface area contributed by atoms with E-state index in [-0.39, 0.29) is 16.5 Å². The fraction of sp³-hybridized carbons (Fsp3) is 0.0500. The number of nitro benzene ring substituents is 1. The molecule has 32 heavy (non-hydrogen) atoms. The molecule has 0 fully saturated rings. The molecule has 4 N–H and O–H groups in total. The molecule has 0 atom stereocenters. The van der Waals surface area contributed by atoms with E-state index in [0.717, 1.165) is 12.1 Å². The van der Waals surface area contributed by atoms with Gasteiger partial charge in [0, 0.05) is 17.1 Å². The zero-order chi connectivity index (χ0) is 23.4. The lowest BCUT2D eigenvalue weighted by atomic mass is 10.1. The van der Waals surface area contributed by atoms with Crippen LogP contribution in [0.15, 0.2) is 52.9 Å². The standard InChI is InChI=1S/C20H15FN4O5S2/c1-10(15-9-32-18(17(15)26)11-3-2-4-12(21)7-11)23-24-20(31)22-13-5-6-16(25(29)30)14(8-13)19(27)28/h2-9,26H,1H3,(H,27,28)(H2,22,24,31)/b23-10+.